The molecule has 0 radical (unpaired) electrons. The molecule has 7 heteroatoms. The van der Waals surface area contributed by atoms with Crippen LogP contribution in [0.4, 0.5) is 5.82 Å². The highest BCUT2D eigenvalue weighted by Crippen LogP contribution is 2.39. The average Bonchev–Trinajstić information content (AvgIpc) is 3.15. The van der Waals surface area contributed by atoms with Crippen molar-refractivity contribution < 1.29 is 14.3 Å². The highest BCUT2D eigenvalue weighted by atomic mass is 35.5. The number of halogens is 1. The smallest absolute Gasteiger partial charge is 0.226 e. The van der Waals surface area contributed by atoms with Gasteiger partial charge in [-0.1, -0.05) is 29.8 Å². The van der Waals surface area contributed by atoms with Gasteiger partial charge in [0.1, 0.15) is 12.4 Å². The third-order valence-corrected chi connectivity index (χ3v) is 4.85. The van der Waals surface area contributed by atoms with E-state index in [0.29, 0.717) is 35.4 Å². The highest BCUT2D eigenvalue weighted by Gasteiger charge is 2.28. The predicted molar refractivity (Wildman–Crippen MR) is 102 cm³/mol. The Balaban J connectivity index is 1.57. The molecule has 0 bridgehead atoms. The Bertz CT molecular complexity index is 969. The first-order chi connectivity index (χ1) is 13.1. The van der Waals surface area contributed by atoms with Gasteiger partial charge in [-0.05, 0) is 35.4 Å². The van der Waals surface area contributed by atoms with E-state index in [1.165, 1.54) is 0 Å². The van der Waals surface area contributed by atoms with E-state index in [2.05, 4.69) is 15.5 Å². The Morgan fingerprint density at radius 1 is 1.19 bits per heavy atom. The van der Waals surface area contributed by atoms with Crippen molar-refractivity contribution in [2.75, 3.05) is 12.4 Å². The number of rotatable bonds is 5. The molecule has 2 N–H and O–H groups in total. The fourth-order valence-corrected chi connectivity index (χ4v) is 3.33. The minimum atomic E-state index is -0.0771. The van der Waals surface area contributed by atoms with Crippen LogP contribution in [0.2, 0.25) is 5.02 Å². The number of anilines is 1. The molecule has 138 valence electrons. The fraction of sp³-hybridized carbons (Fsp3) is 0.200. The number of nitrogens with zero attached hydrogens (tertiary/aromatic N) is 1. The maximum absolute atomic E-state index is 12.0. The van der Waals surface area contributed by atoms with Gasteiger partial charge < -0.3 is 14.8 Å². The molecule has 0 spiro atoms. The average molecular weight is 384 g/mol. The van der Waals surface area contributed by atoms with Crippen LogP contribution in [0, 0.1) is 0 Å². The maximum Gasteiger partial charge on any atom is 0.226 e. The molecule has 1 atom stereocenters. The van der Waals surface area contributed by atoms with Crippen LogP contribution in [-0.2, 0) is 11.4 Å². The first-order valence-electron chi connectivity index (χ1n) is 8.52. The Labute approximate surface area is 161 Å². The number of benzene rings is 2. The first kappa shape index (κ1) is 17.4. The summed E-state index contributed by atoms with van der Waals surface area (Å²) in [5, 5.41) is 10.4. The van der Waals surface area contributed by atoms with Crippen LogP contribution in [0.5, 0.6) is 11.5 Å². The van der Waals surface area contributed by atoms with E-state index in [1.807, 2.05) is 42.5 Å². The Morgan fingerprint density at radius 3 is 2.78 bits per heavy atom. The highest BCUT2D eigenvalue weighted by molar-refractivity contribution is 6.30. The molecule has 6 nitrogen and oxygen atoms in total. The number of nitrogens with one attached hydrogen (secondary N) is 2. The molecule has 0 saturated heterocycles. The molecule has 4 rings (SSSR count). The molecule has 0 fully saturated rings. The van der Waals surface area contributed by atoms with Crippen LogP contribution in [0.25, 0.3) is 0 Å². The van der Waals surface area contributed by atoms with Crippen LogP contribution in [0.3, 0.4) is 0 Å². The minimum Gasteiger partial charge on any atom is -0.493 e. The van der Waals surface area contributed by atoms with Gasteiger partial charge in [-0.15, -0.1) is 0 Å². The molecule has 0 unspecified atom stereocenters. The topological polar surface area (TPSA) is 76.2 Å². The van der Waals surface area contributed by atoms with Crippen molar-refractivity contribution in [3.63, 3.8) is 0 Å². The zero-order chi connectivity index (χ0) is 18.8. The molecular weight excluding hydrogens is 366 g/mol. The minimum absolute atomic E-state index is 0.0428. The summed E-state index contributed by atoms with van der Waals surface area (Å²) in [4.78, 5) is 12.0. The number of carbonyl (C=O) groups excluding carboxylic acids is 1. The number of aromatic nitrogens is 2. The summed E-state index contributed by atoms with van der Waals surface area (Å²) < 4.78 is 11.4. The summed E-state index contributed by atoms with van der Waals surface area (Å²) in [5.41, 5.74) is 2.95. The van der Waals surface area contributed by atoms with E-state index < -0.39 is 0 Å². The van der Waals surface area contributed by atoms with Crippen molar-refractivity contribution in [3.8, 4) is 11.5 Å². The van der Waals surface area contributed by atoms with Gasteiger partial charge in [0.05, 0.1) is 13.3 Å². The second kappa shape index (κ2) is 7.32. The standard InChI is InChI=1S/C20H18ClN3O3/c1-26-18-8-13(15-9-19(25)23-20-16(15)10-22-24-20)4-7-17(18)27-11-12-2-5-14(21)6-3-12/h2-8,10,15H,9,11H2,1H3,(H2,22,23,24,25)/t15-/m1/s1. The molecule has 1 aromatic heterocycles. The molecule has 1 amide bonds. The Morgan fingerprint density at radius 2 is 2.00 bits per heavy atom. The lowest BCUT2D eigenvalue weighted by Crippen LogP contribution is -2.23. The number of hydrogen-bond donors (Lipinski definition) is 2. The molecule has 3 aromatic rings. The van der Waals surface area contributed by atoms with Gasteiger partial charge in [-0.2, -0.15) is 5.10 Å². The van der Waals surface area contributed by atoms with Gasteiger partial charge in [0.2, 0.25) is 5.91 Å². The molecular formula is C20H18ClN3O3. The van der Waals surface area contributed by atoms with E-state index in [0.717, 1.165) is 16.7 Å². The quantitative estimate of drug-likeness (QED) is 0.694. The summed E-state index contributed by atoms with van der Waals surface area (Å²) in [6, 6.07) is 13.2. The van der Waals surface area contributed by atoms with Gasteiger partial charge in [0.15, 0.2) is 11.5 Å². The molecule has 27 heavy (non-hydrogen) atoms. The molecule has 2 aromatic carbocycles. The van der Waals surface area contributed by atoms with E-state index in [4.69, 9.17) is 21.1 Å². The van der Waals surface area contributed by atoms with Crippen LogP contribution in [0.15, 0.2) is 48.7 Å². The number of hydrogen-bond acceptors (Lipinski definition) is 4. The third-order valence-electron chi connectivity index (χ3n) is 4.60. The lowest BCUT2D eigenvalue weighted by Gasteiger charge is -2.23. The number of carbonyl (C=O) groups is 1. The van der Waals surface area contributed by atoms with Crippen molar-refractivity contribution in [1.29, 1.82) is 0 Å². The van der Waals surface area contributed by atoms with Gasteiger partial charge in [0, 0.05) is 22.9 Å². The number of H-pyrrole nitrogens is 1. The van der Waals surface area contributed by atoms with Crippen LogP contribution in [0.1, 0.15) is 29.0 Å². The van der Waals surface area contributed by atoms with Crippen LogP contribution >= 0.6 is 11.6 Å². The van der Waals surface area contributed by atoms with Crippen molar-refractivity contribution in [1.82, 2.24) is 10.2 Å². The van der Waals surface area contributed by atoms with Crippen molar-refractivity contribution >= 4 is 23.3 Å². The van der Waals surface area contributed by atoms with E-state index >= 15 is 0 Å². The van der Waals surface area contributed by atoms with E-state index in [1.54, 1.807) is 13.3 Å². The summed E-state index contributed by atoms with van der Waals surface area (Å²) >= 11 is 5.91. The third kappa shape index (κ3) is 3.61. The fourth-order valence-electron chi connectivity index (χ4n) is 3.20. The monoisotopic (exact) mass is 383 g/mol. The number of amides is 1. The SMILES string of the molecule is COc1cc([C@H]2CC(=O)Nc3[nH]ncc32)ccc1OCc1ccc(Cl)cc1. The number of fused-ring (bicyclic) bond motifs is 1. The van der Waals surface area contributed by atoms with E-state index in [-0.39, 0.29) is 11.8 Å². The zero-order valence-electron chi connectivity index (χ0n) is 14.7. The van der Waals surface area contributed by atoms with Crippen molar-refractivity contribution in [2.45, 2.75) is 18.9 Å². The normalized spacial score (nSPS) is 15.8. The van der Waals surface area contributed by atoms with E-state index in [9.17, 15) is 4.79 Å². The summed E-state index contributed by atoms with van der Waals surface area (Å²) in [5.74, 6) is 1.80. The summed E-state index contributed by atoms with van der Waals surface area (Å²) in [7, 11) is 1.60. The Hall–Kier alpha value is -2.99. The van der Waals surface area contributed by atoms with Crippen LogP contribution in [-0.4, -0.2) is 23.2 Å². The van der Waals surface area contributed by atoms with Gasteiger partial charge in [0.25, 0.3) is 0 Å². The lowest BCUT2D eigenvalue weighted by atomic mass is 9.87. The molecule has 2 heterocycles. The number of aromatic amines is 1. The van der Waals surface area contributed by atoms with Crippen molar-refractivity contribution in [2.24, 2.45) is 0 Å². The first-order valence-corrected chi connectivity index (χ1v) is 8.90. The molecule has 0 saturated carbocycles. The second-order valence-electron chi connectivity index (χ2n) is 6.33. The number of methoxy groups -OCH3 is 1. The summed E-state index contributed by atoms with van der Waals surface area (Å²) in [6.45, 7) is 0.407. The van der Waals surface area contributed by atoms with Gasteiger partial charge in [-0.25, -0.2) is 0 Å². The number of ether oxygens (including phenoxy) is 2. The molecule has 0 aliphatic carbocycles. The van der Waals surface area contributed by atoms with Gasteiger partial charge in [-0.3, -0.25) is 9.89 Å². The zero-order valence-corrected chi connectivity index (χ0v) is 15.4. The second-order valence-corrected chi connectivity index (χ2v) is 6.77. The Kier molecular flexibility index (Phi) is 4.73. The molecule has 1 aliphatic heterocycles. The predicted octanol–water partition coefficient (Wildman–Crippen LogP) is 4.12. The largest absolute Gasteiger partial charge is 0.493 e. The summed E-state index contributed by atoms with van der Waals surface area (Å²) in [6.07, 6.45) is 2.11. The van der Waals surface area contributed by atoms with Gasteiger partial charge >= 0.3 is 0 Å². The maximum atomic E-state index is 12.0. The molecule has 1 aliphatic rings. The van der Waals surface area contributed by atoms with Crippen molar-refractivity contribution in [3.05, 3.63) is 70.4 Å². The lowest BCUT2D eigenvalue weighted by molar-refractivity contribution is -0.116. The van der Waals surface area contributed by atoms with Crippen LogP contribution < -0.4 is 14.8 Å².